The van der Waals surface area contributed by atoms with Crippen LogP contribution in [0.5, 0.6) is 0 Å². The molecule has 4 unspecified atom stereocenters. The average molecular weight is 431 g/mol. The standard InChI is InChI=1S/C18H33N5O7/c1-8(2)13(17(28)23-14(9(3)4)18(29)30)22-16(27)11(7-24)21-15(26)10(19)5-6-12(20)25/h8-11,13-14,24H,5-7,19H2,1-4H3,(H2,20,25)(H,21,26)(H,22,27)(H,23,28)(H,29,30). The van der Waals surface area contributed by atoms with Crippen LogP contribution in [0.2, 0.25) is 0 Å². The number of carbonyl (C=O) groups excluding carboxylic acids is 4. The van der Waals surface area contributed by atoms with Crippen molar-refractivity contribution in [2.24, 2.45) is 23.3 Å². The minimum absolute atomic E-state index is 0.0380. The normalized spacial score (nSPS) is 15.1. The van der Waals surface area contributed by atoms with Crippen molar-refractivity contribution in [3.63, 3.8) is 0 Å². The molecule has 0 aromatic heterocycles. The maximum Gasteiger partial charge on any atom is 0.326 e. The highest BCUT2D eigenvalue weighted by molar-refractivity contribution is 5.94. The molecular weight excluding hydrogens is 398 g/mol. The van der Waals surface area contributed by atoms with E-state index >= 15 is 0 Å². The number of nitrogens with one attached hydrogen (secondary N) is 3. The first kappa shape index (κ1) is 27.3. The van der Waals surface area contributed by atoms with Crippen LogP contribution >= 0.6 is 0 Å². The van der Waals surface area contributed by atoms with Crippen molar-refractivity contribution < 1.29 is 34.2 Å². The van der Waals surface area contributed by atoms with E-state index < -0.39 is 66.3 Å². The summed E-state index contributed by atoms with van der Waals surface area (Å²) < 4.78 is 0. The summed E-state index contributed by atoms with van der Waals surface area (Å²) in [7, 11) is 0. The van der Waals surface area contributed by atoms with Gasteiger partial charge in [-0.25, -0.2) is 4.79 Å². The van der Waals surface area contributed by atoms with Crippen LogP contribution in [0.1, 0.15) is 40.5 Å². The lowest BCUT2D eigenvalue weighted by Gasteiger charge is -2.27. The zero-order chi connectivity index (χ0) is 23.6. The first-order valence-electron chi connectivity index (χ1n) is 9.60. The average Bonchev–Trinajstić information content (AvgIpc) is 2.64. The quantitative estimate of drug-likeness (QED) is 0.164. The predicted molar refractivity (Wildman–Crippen MR) is 107 cm³/mol. The summed E-state index contributed by atoms with van der Waals surface area (Å²) in [6, 6.07) is -4.77. The van der Waals surface area contributed by atoms with Crippen molar-refractivity contribution in [2.75, 3.05) is 6.61 Å². The van der Waals surface area contributed by atoms with Crippen LogP contribution in [0.3, 0.4) is 0 Å². The maximum absolute atomic E-state index is 12.5. The summed E-state index contributed by atoms with van der Waals surface area (Å²) >= 11 is 0. The van der Waals surface area contributed by atoms with E-state index in [2.05, 4.69) is 16.0 Å². The van der Waals surface area contributed by atoms with Crippen molar-refractivity contribution in [3.8, 4) is 0 Å². The number of aliphatic carboxylic acids is 1. The van der Waals surface area contributed by atoms with E-state index in [1.807, 2.05) is 0 Å². The summed E-state index contributed by atoms with van der Waals surface area (Å²) in [5.41, 5.74) is 10.6. The molecule has 12 nitrogen and oxygen atoms in total. The first-order valence-corrected chi connectivity index (χ1v) is 9.60. The molecule has 0 aliphatic rings. The van der Waals surface area contributed by atoms with Crippen molar-refractivity contribution in [1.82, 2.24) is 16.0 Å². The molecule has 12 heteroatoms. The summed E-state index contributed by atoms with van der Waals surface area (Å²) in [5, 5.41) is 25.7. The molecule has 9 N–H and O–H groups in total. The number of hydrogen-bond acceptors (Lipinski definition) is 7. The van der Waals surface area contributed by atoms with E-state index in [-0.39, 0.29) is 18.8 Å². The minimum atomic E-state index is -1.40. The molecule has 0 aliphatic carbocycles. The Balaban J connectivity index is 5.13. The number of nitrogens with two attached hydrogens (primary N) is 2. The monoisotopic (exact) mass is 431 g/mol. The van der Waals surface area contributed by atoms with Crippen LogP contribution in [0, 0.1) is 11.8 Å². The molecule has 0 fully saturated rings. The van der Waals surface area contributed by atoms with Crippen molar-refractivity contribution in [2.45, 2.75) is 64.7 Å². The van der Waals surface area contributed by atoms with E-state index in [0.29, 0.717) is 0 Å². The number of primary amides is 1. The molecule has 0 bridgehead atoms. The number of aliphatic hydroxyl groups excluding tert-OH is 1. The molecule has 0 heterocycles. The SMILES string of the molecule is CC(C)C(NC(=O)C(NC(=O)C(CO)NC(=O)C(N)CCC(N)=O)C(C)C)C(=O)O. The second-order valence-electron chi connectivity index (χ2n) is 7.65. The third-order valence-corrected chi connectivity index (χ3v) is 4.33. The fourth-order valence-electron chi connectivity index (χ4n) is 2.45. The second kappa shape index (κ2) is 12.8. The van der Waals surface area contributed by atoms with E-state index in [1.165, 1.54) is 0 Å². The molecule has 4 amide bonds. The van der Waals surface area contributed by atoms with Gasteiger partial charge in [0.2, 0.25) is 23.6 Å². The van der Waals surface area contributed by atoms with Gasteiger partial charge in [-0.2, -0.15) is 0 Å². The summed E-state index contributed by atoms with van der Waals surface area (Å²) in [4.78, 5) is 59.1. The highest BCUT2D eigenvalue weighted by Gasteiger charge is 2.32. The Morgan fingerprint density at radius 2 is 1.33 bits per heavy atom. The molecule has 0 rings (SSSR count). The lowest BCUT2D eigenvalue weighted by Crippen LogP contribution is -2.59. The Bertz CT molecular complexity index is 638. The lowest BCUT2D eigenvalue weighted by molar-refractivity contribution is -0.144. The highest BCUT2D eigenvalue weighted by Crippen LogP contribution is 2.07. The Morgan fingerprint density at radius 3 is 1.73 bits per heavy atom. The number of carbonyl (C=O) groups is 5. The fraction of sp³-hybridized carbons (Fsp3) is 0.722. The van der Waals surface area contributed by atoms with Crippen LogP contribution < -0.4 is 27.4 Å². The zero-order valence-corrected chi connectivity index (χ0v) is 17.7. The minimum Gasteiger partial charge on any atom is -0.480 e. The number of amides is 4. The van der Waals surface area contributed by atoms with Crippen LogP contribution in [-0.2, 0) is 24.0 Å². The molecule has 0 radical (unpaired) electrons. The Kier molecular flexibility index (Phi) is 11.6. The Morgan fingerprint density at radius 1 is 0.833 bits per heavy atom. The van der Waals surface area contributed by atoms with E-state index in [9.17, 15) is 34.2 Å². The maximum atomic E-state index is 12.5. The molecule has 0 aromatic rings. The Labute approximate surface area is 175 Å². The van der Waals surface area contributed by atoms with Gasteiger partial charge in [0.1, 0.15) is 18.1 Å². The molecule has 30 heavy (non-hydrogen) atoms. The zero-order valence-electron chi connectivity index (χ0n) is 17.7. The second-order valence-corrected chi connectivity index (χ2v) is 7.65. The highest BCUT2D eigenvalue weighted by atomic mass is 16.4. The summed E-state index contributed by atoms with van der Waals surface area (Å²) in [5.74, 6) is -4.98. The van der Waals surface area contributed by atoms with Crippen LogP contribution in [-0.4, -0.2) is 70.6 Å². The number of hydrogen-bond donors (Lipinski definition) is 7. The van der Waals surface area contributed by atoms with E-state index in [0.717, 1.165) is 0 Å². The van der Waals surface area contributed by atoms with Crippen molar-refractivity contribution in [1.29, 1.82) is 0 Å². The third kappa shape index (κ3) is 9.18. The van der Waals surface area contributed by atoms with Crippen LogP contribution in [0.25, 0.3) is 0 Å². The molecule has 172 valence electrons. The number of aliphatic hydroxyl groups is 1. The van der Waals surface area contributed by atoms with E-state index in [1.54, 1.807) is 27.7 Å². The van der Waals surface area contributed by atoms with Gasteiger partial charge in [0.25, 0.3) is 0 Å². The van der Waals surface area contributed by atoms with Crippen LogP contribution in [0.15, 0.2) is 0 Å². The third-order valence-electron chi connectivity index (χ3n) is 4.33. The van der Waals surface area contributed by atoms with Gasteiger partial charge >= 0.3 is 5.97 Å². The fourth-order valence-corrected chi connectivity index (χ4v) is 2.45. The Hall–Kier alpha value is -2.73. The van der Waals surface area contributed by atoms with Crippen molar-refractivity contribution >= 4 is 29.6 Å². The van der Waals surface area contributed by atoms with Gasteiger partial charge in [0.05, 0.1) is 12.6 Å². The lowest BCUT2D eigenvalue weighted by atomic mass is 10.00. The van der Waals surface area contributed by atoms with Crippen molar-refractivity contribution in [3.05, 3.63) is 0 Å². The van der Waals surface area contributed by atoms with Crippen LogP contribution in [0.4, 0.5) is 0 Å². The summed E-state index contributed by atoms with van der Waals surface area (Å²) in [6.07, 6.45) is -0.162. The molecular formula is C18H33N5O7. The van der Waals surface area contributed by atoms with E-state index in [4.69, 9.17) is 11.5 Å². The molecule has 0 aliphatic heterocycles. The van der Waals surface area contributed by atoms with Gasteiger partial charge < -0.3 is 37.6 Å². The van der Waals surface area contributed by atoms with Gasteiger partial charge in [-0.15, -0.1) is 0 Å². The molecule has 0 aromatic carbocycles. The number of carboxylic acid groups (broad SMARTS) is 1. The largest absolute Gasteiger partial charge is 0.480 e. The smallest absolute Gasteiger partial charge is 0.326 e. The van der Waals surface area contributed by atoms with Gasteiger partial charge in [-0.05, 0) is 18.3 Å². The number of rotatable bonds is 13. The first-order chi connectivity index (χ1) is 13.8. The predicted octanol–water partition coefficient (Wildman–Crippen LogP) is -2.58. The van der Waals surface area contributed by atoms with Gasteiger partial charge in [-0.3, -0.25) is 19.2 Å². The molecule has 0 saturated carbocycles. The molecule has 0 spiro atoms. The summed E-state index contributed by atoms with van der Waals surface area (Å²) in [6.45, 7) is 5.77. The van der Waals surface area contributed by atoms with Gasteiger partial charge in [-0.1, -0.05) is 27.7 Å². The number of carboxylic acids is 1. The molecule has 4 atom stereocenters. The van der Waals surface area contributed by atoms with Gasteiger partial charge in [0, 0.05) is 6.42 Å². The topological polar surface area (TPSA) is 214 Å². The molecule has 0 saturated heterocycles. The van der Waals surface area contributed by atoms with Gasteiger partial charge in [0.15, 0.2) is 0 Å².